The van der Waals surface area contributed by atoms with Gasteiger partial charge in [0, 0.05) is 19.8 Å². The first-order valence-corrected chi connectivity index (χ1v) is 5.98. The van der Waals surface area contributed by atoms with Crippen LogP contribution in [0.4, 0.5) is 5.82 Å². The second-order valence-electron chi connectivity index (χ2n) is 4.85. The highest BCUT2D eigenvalue weighted by atomic mass is 15.1. The van der Waals surface area contributed by atoms with E-state index in [9.17, 15) is 0 Å². The van der Waals surface area contributed by atoms with E-state index in [0.29, 0.717) is 6.54 Å². The van der Waals surface area contributed by atoms with Crippen molar-refractivity contribution in [1.29, 1.82) is 0 Å². The number of fused-ring (bicyclic) bond motifs is 1. The number of rotatable bonds is 3. The highest BCUT2D eigenvalue weighted by molar-refractivity contribution is 5.86. The third kappa shape index (κ3) is 1.58. The van der Waals surface area contributed by atoms with Crippen LogP contribution in [0.25, 0.3) is 11.0 Å². The van der Waals surface area contributed by atoms with E-state index in [4.69, 9.17) is 5.73 Å². The fourth-order valence-corrected chi connectivity index (χ4v) is 2.39. The van der Waals surface area contributed by atoms with Crippen LogP contribution < -0.4 is 11.1 Å². The van der Waals surface area contributed by atoms with E-state index in [1.54, 1.807) is 0 Å². The van der Waals surface area contributed by atoms with Crippen molar-refractivity contribution in [3.05, 3.63) is 18.6 Å². The van der Waals surface area contributed by atoms with Gasteiger partial charge in [0.05, 0.1) is 17.4 Å². The number of nitrogens with two attached hydrogens (primary N) is 1. The van der Waals surface area contributed by atoms with Gasteiger partial charge < -0.3 is 15.6 Å². The number of imidazole rings is 1. The van der Waals surface area contributed by atoms with Gasteiger partial charge in [0.2, 0.25) is 0 Å². The summed E-state index contributed by atoms with van der Waals surface area (Å²) in [5.74, 6) is 0.855. The third-order valence-electron chi connectivity index (χ3n) is 3.73. The number of hydrogen-bond donors (Lipinski definition) is 2. The van der Waals surface area contributed by atoms with Gasteiger partial charge in [-0.05, 0) is 25.3 Å². The summed E-state index contributed by atoms with van der Waals surface area (Å²) in [7, 11) is 1.99. The zero-order valence-corrected chi connectivity index (χ0v) is 9.98. The predicted octanol–water partition coefficient (Wildman–Crippen LogP) is 1.26. The van der Waals surface area contributed by atoms with Crippen LogP contribution in [0.2, 0.25) is 0 Å². The lowest BCUT2D eigenvalue weighted by Crippen LogP contribution is -2.51. The number of hydrogen-bond acceptors (Lipinski definition) is 4. The standard InChI is InChI=1S/C12H17N5/c1-17-8-15-10-9(17)3-6-14-11(10)16-12(7-13)4-2-5-12/h3,6,8H,2,4-5,7,13H2,1H3,(H,14,16). The summed E-state index contributed by atoms with van der Waals surface area (Å²) in [5.41, 5.74) is 7.91. The van der Waals surface area contributed by atoms with Gasteiger partial charge in [-0.25, -0.2) is 9.97 Å². The zero-order valence-electron chi connectivity index (χ0n) is 9.98. The second-order valence-corrected chi connectivity index (χ2v) is 4.85. The normalized spacial score (nSPS) is 18.0. The molecule has 0 bridgehead atoms. The van der Waals surface area contributed by atoms with E-state index >= 15 is 0 Å². The molecule has 1 aliphatic carbocycles. The van der Waals surface area contributed by atoms with Crippen LogP contribution in [0.3, 0.4) is 0 Å². The van der Waals surface area contributed by atoms with Gasteiger partial charge in [-0.2, -0.15) is 0 Å². The molecule has 0 amide bonds. The van der Waals surface area contributed by atoms with Crippen LogP contribution in [0.15, 0.2) is 18.6 Å². The Labute approximate surface area is 100 Å². The molecule has 0 unspecified atom stereocenters. The smallest absolute Gasteiger partial charge is 0.154 e. The van der Waals surface area contributed by atoms with Crippen LogP contribution in [-0.2, 0) is 7.05 Å². The highest BCUT2D eigenvalue weighted by Crippen LogP contribution is 2.35. The maximum Gasteiger partial charge on any atom is 0.154 e. The number of aromatic nitrogens is 3. The Morgan fingerprint density at radius 1 is 1.47 bits per heavy atom. The molecule has 1 saturated carbocycles. The van der Waals surface area contributed by atoms with Crippen molar-refractivity contribution in [1.82, 2.24) is 14.5 Å². The second kappa shape index (κ2) is 3.70. The first kappa shape index (κ1) is 10.5. The molecule has 90 valence electrons. The number of nitrogens with one attached hydrogen (secondary N) is 1. The minimum Gasteiger partial charge on any atom is -0.362 e. The molecular weight excluding hydrogens is 214 g/mol. The molecule has 2 aromatic heterocycles. The van der Waals surface area contributed by atoms with Crippen molar-refractivity contribution in [3.8, 4) is 0 Å². The van der Waals surface area contributed by atoms with Gasteiger partial charge in [0.25, 0.3) is 0 Å². The molecule has 1 aliphatic rings. The first-order valence-electron chi connectivity index (χ1n) is 5.98. The minimum atomic E-state index is 0.0405. The fourth-order valence-electron chi connectivity index (χ4n) is 2.39. The first-order chi connectivity index (χ1) is 8.24. The Kier molecular flexibility index (Phi) is 2.29. The predicted molar refractivity (Wildman–Crippen MR) is 67.8 cm³/mol. The van der Waals surface area contributed by atoms with E-state index in [1.165, 1.54) is 6.42 Å². The van der Waals surface area contributed by atoms with Gasteiger partial charge >= 0.3 is 0 Å². The van der Waals surface area contributed by atoms with Crippen LogP contribution in [0.1, 0.15) is 19.3 Å². The Morgan fingerprint density at radius 3 is 2.94 bits per heavy atom. The molecule has 0 atom stereocenters. The van der Waals surface area contributed by atoms with Gasteiger partial charge in [-0.1, -0.05) is 0 Å². The third-order valence-corrected chi connectivity index (χ3v) is 3.73. The van der Waals surface area contributed by atoms with Crippen molar-refractivity contribution in [3.63, 3.8) is 0 Å². The largest absolute Gasteiger partial charge is 0.362 e. The van der Waals surface area contributed by atoms with E-state index in [-0.39, 0.29) is 5.54 Å². The maximum absolute atomic E-state index is 5.85. The van der Waals surface area contributed by atoms with Crippen molar-refractivity contribution in [2.45, 2.75) is 24.8 Å². The van der Waals surface area contributed by atoms with Crippen LogP contribution in [0.5, 0.6) is 0 Å². The Hall–Kier alpha value is -1.62. The molecule has 2 heterocycles. The minimum absolute atomic E-state index is 0.0405. The highest BCUT2D eigenvalue weighted by Gasteiger charge is 2.36. The summed E-state index contributed by atoms with van der Waals surface area (Å²) in [5, 5.41) is 3.49. The Bertz CT molecular complexity index is 535. The molecule has 0 aliphatic heterocycles. The average Bonchev–Trinajstić information content (AvgIpc) is 2.67. The van der Waals surface area contributed by atoms with E-state index in [2.05, 4.69) is 15.3 Å². The summed E-state index contributed by atoms with van der Waals surface area (Å²) >= 11 is 0. The van der Waals surface area contributed by atoms with Gasteiger partial charge in [-0.3, -0.25) is 0 Å². The lowest BCUT2D eigenvalue weighted by molar-refractivity contribution is 0.287. The number of nitrogens with zero attached hydrogens (tertiary/aromatic N) is 3. The summed E-state index contributed by atoms with van der Waals surface area (Å²) in [6.45, 7) is 0.651. The molecule has 17 heavy (non-hydrogen) atoms. The summed E-state index contributed by atoms with van der Waals surface area (Å²) in [6, 6.07) is 1.98. The van der Waals surface area contributed by atoms with E-state index in [1.807, 2.05) is 30.2 Å². The zero-order chi connectivity index (χ0) is 11.9. The molecule has 0 spiro atoms. The lowest BCUT2D eigenvalue weighted by Gasteiger charge is -2.42. The van der Waals surface area contributed by atoms with Crippen molar-refractivity contribution in [2.24, 2.45) is 12.8 Å². The molecule has 2 aromatic rings. The lowest BCUT2D eigenvalue weighted by atomic mass is 9.77. The van der Waals surface area contributed by atoms with Crippen LogP contribution >= 0.6 is 0 Å². The molecular formula is C12H17N5. The summed E-state index contributed by atoms with van der Waals surface area (Å²) < 4.78 is 2.00. The molecule has 0 saturated heterocycles. The number of anilines is 1. The van der Waals surface area contributed by atoms with Gasteiger partial charge in [-0.15, -0.1) is 0 Å². The maximum atomic E-state index is 5.85. The molecule has 1 fully saturated rings. The number of aryl methyl sites for hydroxylation is 1. The van der Waals surface area contributed by atoms with Gasteiger partial charge in [0.15, 0.2) is 5.82 Å². The monoisotopic (exact) mass is 231 g/mol. The molecule has 3 N–H and O–H groups in total. The quantitative estimate of drug-likeness (QED) is 0.834. The summed E-state index contributed by atoms with van der Waals surface area (Å²) in [4.78, 5) is 8.78. The number of pyridine rings is 1. The Balaban J connectivity index is 2.00. The molecule has 5 heteroatoms. The van der Waals surface area contributed by atoms with Crippen LogP contribution in [-0.4, -0.2) is 26.6 Å². The average molecular weight is 231 g/mol. The van der Waals surface area contributed by atoms with E-state index in [0.717, 1.165) is 29.7 Å². The summed E-state index contributed by atoms with van der Waals surface area (Å²) in [6.07, 6.45) is 7.11. The molecule has 0 aromatic carbocycles. The Morgan fingerprint density at radius 2 is 2.29 bits per heavy atom. The van der Waals surface area contributed by atoms with Crippen LogP contribution in [0, 0.1) is 0 Å². The van der Waals surface area contributed by atoms with Gasteiger partial charge in [0.1, 0.15) is 5.52 Å². The van der Waals surface area contributed by atoms with Crippen molar-refractivity contribution >= 4 is 16.9 Å². The SMILES string of the molecule is Cn1cnc2c(NC3(CN)CCC3)nccc21. The van der Waals surface area contributed by atoms with Crippen molar-refractivity contribution in [2.75, 3.05) is 11.9 Å². The fraction of sp³-hybridized carbons (Fsp3) is 0.500. The topological polar surface area (TPSA) is 68.8 Å². The molecule has 5 nitrogen and oxygen atoms in total. The molecule has 3 rings (SSSR count). The van der Waals surface area contributed by atoms with E-state index < -0.39 is 0 Å². The molecule has 0 radical (unpaired) electrons. The van der Waals surface area contributed by atoms with Crippen molar-refractivity contribution < 1.29 is 0 Å².